The largest absolute Gasteiger partial charge is 0.481 e. The molecular formula is C12H17N3O4S. The van der Waals surface area contributed by atoms with Crippen LogP contribution < -0.4 is 10.6 Å². The molecule has 3 atom stereocenters. The Balaban J connectivity index is 1.87. The number of nitrogens with one attached hydrogen (secondary N) is 2. The van der Waals surface area contributed by atoms with E-state index in [9.17, 15) is 9.59 Å². The molecule has 0 bridgehead atoms. The summed E-state index contributed by atoms with van der Waals surface area (Å²) in [7, 11) is 0. The number of ether oxygens (including phenoxy) is 1. The number of carbonyl (C=O) groups is 2. The molecule has 1 aromatic rings. The third-order valence-corrected chi connectivity index (χ3v) is 4.21. The summed E-state index contributed by atoms with van der Waals surface area (Å²) in [6, 6.07) is -1.14. The molecule has 0 spiro atoms. The average Bonchev–Trinajstić information content (AvgIpc) is 2.97. The van der Waals surface area contributed by atoms with Crippen LogP contribution in [0.15, 0.2) is 5.38 Å². The van der Waals surface area contributed by atoms with E-state index in [-0.39, 0.29) is 19.3 Å². The van der Waals surface area contributed by atoms with E-state index >= 15 is 0 Å². The molecule has 1 saturated heterocycles. The molecule has 1 fully saturated rings. The molecule has 0 aliphatic carbocycles. The third-order valence-electron chi connectivity index (χ3n) is 3.07. The second-order valence-electron chi connectivity index (χ2n) is 4.76. The Morgan fingerprint density at radius 2 is 2.30 bits per heavy atom. The zero-order valence-electron chi connectivity index (χ0n) is 11.3. The Morgan fingerprint density at radius 1 is 1.55 bits per heavy atom. The number of hydrogen-bond acceptors (Lipinski definition) is 5. The van der Waals surface area contributed by atoms with Crippen LogP contribution in [0.4, 0.5) is 4.79 Å². The lowest BCUT2D eigenvalue weighted by molar-refractivity contribution is -0.142. The van der Waals surface area contributed by atoms with Crippen molar-refractivity contribution in [3.05, 3.63) is 16.1 Å². The van der Waals surface area contributed by atoms with Crippen molar-refractivity contribution in [2.24, 2.45) is 5.92 Å². The van der Waals surface area contributed by atoms with Crippen LogP contribution in [0, 0.1) is 12.8 Å². The summed E-state index contributed by atoms with van der Waals surface area (Å²) in [5.74, 6) is -1.66. The Labute approximate surface area is 120 Å². The summed E-state index contributed by atoms with van der Waals surface area (Å²) in [6.07, 6.45) is 0. The van der Waals surface area contributed by atoms with Crippen molar-refractivity contribution in [2.45, 2.75) is 25.9 Å². The fraction of sp³-hybridized carbons (Fsp3) is 0.583. The zero-order valence-corrected chi connectivity index (χ0v) is 12.1. The second-order valence-corrected chi connectivity index (χ2v) is 5.64. The first-order valence-electron chi connectivity index (χ1n) is 6.27. The van der Waals surface area contributed by atoms with Crippen LogP contribution in [0.25, 0.3) is 0 Å². The SMILES string of the molecule is Cc1csc(C(C)NC(=O)NC2COCC2C(=O)O)n1. The van der Waals surface area contributed by atoms with E-state index in [2.05, 4.69) is 15.6 Å². The van der Waals surface area contributed by atoms with Gasteiger partial charge in [0.2, 0.25) is 0 Å². The van der Waals surface area contributed by atoms with Gasteiger partial charge >= 0.3 is 12.0 Å². The van der Waals surface area contributed by atoms with Crippen LogP contribution in [0.3, 0.4) is 0 Å². The zero-order chi connectivity index (χ0) is 14.7. The summed E-state index contributed by atoms with van der Waals surface area (Å²) in [4.78, 5) is 27.1. The second kappa shape index (κ2) is 6.19. The van der Waals surface area contributed by atoms with Gasteiger partial charge in [-0.1, -0.05) is 0 Å². The van der Waals surface area contributed by atoms with Crippen molar-refractivity contribution in [3.63, 3.8) is 0 Å². The summed E-state index contributed by atoms with van der Waals surface area (Å²) in [5, 5.41) is 17.1. The molecule has 1 aliphatic rings. The maximum atomic E-state index is 11.9. The lowest BCUT2D eigenvalue weighted by atomic mass is 10.0. The molecule has 2 rings (SSSR count). The van der Waals surface area contributed by atoms with Crippen LogP contribution >= 0.6 is 11.3 Å². The predicted molar refractivity (Wildman–Crippen MR) is 72.7 cm³/mol. The molecule has 3 N–H and O–H groups in total. The van der Waals surface area contributed by atoms with Gasteiger partial charge in [0.05, 0.1) is 25.3 Å². The number of aliphatic carboxylic acids is 1. The Bertz CT molecular complexity index is 505. The summed E-state index contributed by atoms with van der Waals surface area (Å²) < 4.78 is 5.09. The number of urea groups is 1. The smallest absolute Gasteiger partial charge is 0.315 e. The number of amides is 2. The first kappa shape index (κ1) is 14.7. The monoisotopic (exact) mass is 299 g/mol. The molecule has 7 nitrogen and oxygen atoms in total. The predicted octanol–water partition coefficient (Wildman–Crippen LogP) is 0.911. The molecule has 20 heavy (non-hydrogen) atoms. The van der Waals surface area contributed by atoms with E-state index in [4.69, 9.17) is 9.84 Å². The van der Waals surface area contributed by atoms with Crippen molar-refractivity contribution in [2.75, 3.05) is 13.2 Å². The van der Waals surface area contributed by atoms with Gasteiger partial charge in [0.1, 0.15) is 10.9 Å². The number of hydrogen-bond donors (Lipinski definition) is 3. The molecule has 3 unspecified atom stereocenters. The van der Waals surface area contributed by atoms with Crippen molar-refractivity contribution in [1.82, 2.24) is 15.6 Å². The topological polar surface area (TPSA) is 101 Å². The molecule has 0 radical (unpaired) electrons. The minimum absolute atomic E-state index is 0.126. The van der Waals surface area contributed by atoms with Crippen molar-refractivity contribution in [3.8, 4) is 0 Å². The quantitative estimate of drug-likeness (QED) is 0.767. The molecule has 8 heteroatoms. The first-order valence-corrected chi connectivity index (χ1v) is 7.15. The van der Waals surface area contributed by atoms with Crippen LogP contribution in [0.1, 0.15) is 23.7 Å². The molecule has 1 aromatic heterocycles. The molecular weight excluding hydrogens is 282 g/mol. The van der Waals surface area contributed by atoms with E-state index < -0.39 is 24.0 Å². The minimum Gasteiger partial charge on any atom is -0.481 e. The Hall–Kier alpha value is -1.67. The van der Waals surface area contributed by atoms with Crippen molar-refractivity contribution >= 4 is 23.3 Å². The summed E-state index contributed by atoms with van der Waals surface area (Å²) in [6.45, 7) is 4.06. The van der Waals surface area contributed by atoms with E-state index in [1.54, 1.807) is 0 Å². The maximum Gasteiger partial charge on any atom is 0.315 e. The highest BCUT2D eigenvalue weighted by Crippen LogP contribution is 2.18. The molecule has 2 amide bonds. The van der Waals surface area contributed by atoms with Gasteiger partial charge in [-0.15, -0.1) is 11.3 Å². The highest BCUT2D eigenvalue weighted by molar-refractivity contribution is 7.09. The molecule has 2 heterocycles. The van der Waals surface area contributed by atoms with Crippen molar-refractivity contribution < 1.29 is 19.4 Å². The van der Waals surface area contributed by atoms with E-state index in [1.165, 1.54) is 11.3 Å². The molecule has 0 saturated carbocycles. The Morgan fingerprint density at radius 3 is 2.90 bits per heavy atom. The lowest BCUT2D eigenvalue weighted by Gasteiger charge is -2.18. The van der Waals surface area contributed by atoms with Gasteiger partial charge in [-0.05, 0) is 13.8 Å². The van der Waals surface area contributed by atoms with Gasteiger partial charge in [0.25, 0.3) is 0 Å². The average molecular weight is 299 g/mol. The van der Waals surface area contributed by atoms with Crippen LogP contribution in [-0.2, 0) is 9.53 Å². The molecule has 0 aromatic carbocycles. The van der Waals surface area contributed by atoms with Gasteiger partial charge in [0, 0.05) is 11.1 Å². The summed E-state index contributed by atoms with van der Waals surface area (Å²) in [5.41, 5.74) is 0.911. The fourth-order valence-corrected chi connectivity index (χ4v) is 2.78. The van der Waals surface area contributed by atoms with Gasteiger partial charge < -0.3 is 20.5 Å². The molecule has 1 aliphatic heterocycles. The highest BCUT2D eigenvalue weighted by atomic mass is 32.1. The van der Waals surface area contributed by atoms with Crippen LogP contribution in [0.5, 0.6) is 0 Å². The third kappa shape index (κ3) is 3.45. The number of carbonyl (C=O) groups excluding carboxylic acids is 1. The number of nitrogens with zero attached hydrogens (tertiary/aromatic N) is 1. The van der Waals surface area contributed by atoms with Gasteiger partial charge in [-0.25, -0.2) is 9.78 Å². The Kier molecular flexibility index (Phi) is 4.56. The van der Waals surface area contributed by atoms with Crippen molar-refractivity contribution in [1.29, 1.82) is 0 Å². The normalized spacial score (nSPS) is 23.3. The van der Waals surface area contributed by atoms with E-state index in [1.807, 2.05) is 19.2 Å². The first-order chi connectivity index (χ1) is 9.47. The number of aromatic nitrogens is 1. The standard InChI is InChI=1S/C12H17N3O4S/c1-6-5-20-10(13-6)7(2)14-12(18)15-9-4-19-3-8(9)11(16)17/h5,7-9H,3-4H2,1-2H3,(H,16,17)(H2,14,15,18). The summed E-state index contributed by atoms with van der Waals surface area (Å²) >= 11 is 1.48. The minimum atomic E-state index is -0.962. The number of carboxylic acids is 1. The maximum absolute atomic E-state index is 11.9. The van der Waals surface area contributed by atoms with Crippen LogP contribution in [0.2, 0.25) is 0 Å². The van der Waals surface area contributed by atoms with E-state index in [0.717, 1.165) is 10.7 Å². The van der Waals surface area contributed by atoms with Gasteiger partial charge in [0.15, 0.2) is 0 Å². The van der Waals surface area contributed by atoms with E-state index in [0.29, 0.717) is 0 Å². The number of aryl methyl sites for hydroxylation is 1. The number of carboxylic acid groups (broad SMARTS) is 1. The highest BCUT2D eigenvalue weighted by Gasteiger charge is 2.35. The van der Waals surface area contributed by atoms with Gasteiger partial charge in [-0.3, -0.25) is 4.79 Å². The number of thiazole rings is 1. The number of rotatable bonds is 4. The fourth-order valence-electron chi connectivity index (χ4n) is 1.98. The lowest BCUT2D eigenvalue weighted by Crippen LogP contribution is -2.47. The van der Waals surface area contributed by atoms with Crippen LogP contribution in [-0.4, -0.2) is 41.3 Å². The van der Waals surface area contributed by atoms with Gasteiger partial charge in [-0.2, -0.15) is 0 Å². The molecule has 110 valence electrons.